The van der Waals surface area contributed by atoms with Crippen molar-refractivity contribution in [2.45, 2.75) is 13.3 Å². The Morgan fingerprint density at radius 3 is 2.33 bits per heavy atom. The summed E-state index contributed by atoms with van der Waals surface area (Å²) in [5.74, 6) is 1.47. The lowest BCUT2D eigenvalue weighted by atomic mass is 10.1. The highest BCUT2D eigenvalue weighted by atomic mass is 16.5. The first-order valence-electron chi connectivity index (χ1n) is 8.88. The monoisotopic (exact) mass is 356 g/mol. The van der Waals surface area contributed by atoms with Crippen molar-refractivity contribution in [1.82, 2.24) is 4.98 Å². The highest BCUT2D eigenvalue weighted by molar-refractivity contribution is 5.96. The molecule has 0 spiro atoms. The van der Waals surface area contributed by atoms with E-state index in [1.54, 1.807) is 0 Å². The summed E-state index contributed by atoms with van der Waals surface area (Å²) in [4.78, 5) is 15.8. The number of carbonyl (C=O) groups excluding carboxylic acids is 1. The quantitative estimate of drug-likeness (QED) is 0.499. The van der Waals surface area contributed by atoms with Crippen molar-refractivity contribution in [1.29, 1.82) is 0 Å². The molecular formula is C23H20N2O2. The predicted octanol–water partition coefficient (Wildman–Crippen LogP) is 5.45. The van der Waals surface area contributed by atoms with E-state index in [1.807, 2.05) is 85.8 Å². The smallest absolute Gasteiger partial charge is 0.228 e. The Kier molecular flexibility index (Phi) is 4.62. The number of hydrogen-bond acceptors (Lipinski definition) is 2. The number of amides is 1. The van der Waals surface area contributed by atoms with E-state index in [4.69, 9.17) is 4.74 Å². The number of anilines is 1. The molecule has 1 amide bonds. The third-order valence-corrected chi connectivity index (χ3v) is 4.48. The second-order valence-corrected chi connectivity index (χ2v) is 6.44. The number of aromatic amines is 1. The molecule has 0 saturated carbocycles. The summed E-state index contributed by atoms with van der Waals surface area (Å²) < 4.78 is 5.77. The van der Waals surface area contributed by atoms with Gasteiger partial charge >= 0.3 is 0 Å². The highest BCUT2D eigenvalue weighted by Gasteiger charge is 2.12. The molecule has 0 aliphatic heterocycles. The van der Waals surface area contributed by atoms with Crippen LogP contribution in [0.1, 0.15) is 11.3 Å². The van der Waals surface area contributed by atoms with Gasteiger partial charge in [0.05, 0.1) is 6.42 Å². The van der Waals surface area contributed by atoms with Crippen LogP contribution in [0.15, 0.2) is 78.9 Å². The van der Waals surface area contributed by atoms with Crippen LogP contribution in [0.5, 0.6) is 11.5 Å². The van der Waals surface area contributed by atoms with Crippen molar-refractivity contribution in [3.63, 3.8) is 0 Å². The van der Waals surface area contributed by atoms with Crippen molar-refractivity contribution in [3.8, 4) is 11.5 Å². The standard InChI is InChI=1S/C23H20N2O2/c1-16-21(20-9-5-6-10-22(20)24-16)15-23(26)25-17-11-13-19(14-12-17)27-18-7-3-2-4-8-18/h2-14,24H,15H2,1H3,(H,25,26). The fraction of sp³-hybridized carbons (Fsp3) is 0.0870. The predicted molar refractivity (Wildman–Crippen MR) is 108 cm³/mol. The number of para-hydroxylation sites is 2. The molecule has 2 N–H and O–H groups in total. The third-order valence-electron chi connectivity index (χ3n) is 4.48. The molecule has 0 atom stereocenters. The number of aromatic nitrogens is 1. The number of benzene rings is 3. The molecule has 4 nitrogen and oxygen atoms in total. The fourth-order valence-electron chi connectivity index (χ4n) is 3.16. The molecule has 4 heteroatoms. The summed E-state index contributed by atoms with van der Waals surface area (Å²) in [6.45, 7) is 2.00. The Hall–Kier alpha value is -3.53. The average molecular weight is 356 g/mol. The van der Waals surface area contributed by atoms with Gasteiger partial charge in [-0.15, -0.1) is 0 Å². The van der Waals surface area contributed by atoms with Crippen LogP contribution >= 0.6 is 0 Å². The summed E-state index contributed by atoms with van der Waals surface area (Å²) in [6.07, 6.45) is 0.331. The maximum absolute atomic E-state index is 12.5. The summed E-state index contributed by atoms with van der Waals surface area (Å²) in [5, 5.41) is 4.05. The third kappa shape index (κ3) is 3.85. The van der Waals surface area contributed by atoms with E-state index in [2.05, 4.69) is 10.3 Å². The Balaban J connectivity index is 1.43. The van der Waals surface area contributed by atoms with E-state index in [1.165, 1.54) is 0 Å². The van der Waals surface area contributed by atoms with Crippen LogP contribution < -0.4 is 10.1 Å². The lowest BCUT2D eigenvalue weighted by Gasteiger charge is -2.08. The maximum Gasteiger partial charge on any atom is 0.228 e. The van der Waals surface area contributed by atoms with E-state index in [-0.39, 0.29) is 5.91 Å². The van der Waals surface area contributed by atoms with Gasteiger partial charge in [-0.25, -0.2) is 0 Å². The molecule has 0 saturated heterocycles. The molecular weight excluding hydrogens is 336 g/mol. The number of nitrogens with one attached hydrogen (secondary N) is 2. The lowest BCUT2D eigenvalue weighted by molar-refractivity contribution is -0.115. The van der Waals surface area contributed by atoms with Crippen LogP contribution in [0.2, 0.25) is 0 Å². The van der Waals surface area contributed by atoms with Gasteiger partial charge in [0, 0.05) is 22.3 Å². The van der Waals surface area contributed by atoms with Gasteiger partial charge < -0.3 is 15.0 Å². The minimum absolute atomic E-state index is 0.0421. The molecule has 134 valence electrons. The summed E-state index contributed by atoms with van der Waals surface area (Å²) in [6, 6.07) is 25.0. The van der Waals surface area contributed by atoms with E-state index >= 15 is 0 Å². The normalized spacial score (nSPS) is 10.7. The number of fused-ring (bicyclic) bond motifs is 1. The molecule has 0 fully saturated rings. The molecule has 4 rings (SSSR count). The first-order chi connectivity index (χ1) is 13.2. The molecule has 0 bridgehead atoms. The van der Waals surface area contributed by atoms with Gasteiger partial charge in [-0.1, -0.05) is 36.4 Å². The van der Waals surface area contributed by atoms with E-state index < -0.39 is 0 Å². The SMILES string of the molecule is Cc1[nH]c2ccccc2c1CC(=O)Nc1ccc(Oc2ccccc2)cc1. The number of ether oxygens (including phenoxy) is 1. The Labute approximate surface area is 157 Å². The van der Waals surface area contributed by atoms with Gasteiger partial charge in [0.1, 0.15) is 11.5 Å². The molecule has 1 heterocycles. The van der Waals surface area contributed by atoms with Crippen LogP contribution in [0.4, 0.5) is 5.69 Å². The van der Waals surface area contributed by atoms with Crippen molar-refractivity contribution < 1.29 is 9.53 Å². The zero-order valence-electron chi connectivity index (χ0n) is 15.0. The minimum Gasteiger partial charge on any atom is -0.457 e. The number of hydrogen-bond donors (Lipinski definition) is 2. The molecule has 27 heavy (non-hydrogen) atoms. The van der Waals surface area contributed by atoms with Crippen molar-refractivity contribution in [2.24, 2.45) is 0 Å². The van der Waals surface area contributed by atoms with Gasteiger partial charge in [-0.3, -0.25) is 4.79 Å². The fourth-order valence-corrected chi connectivity index (χ4v) is 3.16. The zero-order valence-corrected chi connectivity index (χ0v) is 15.0. The van der Waals surface area contributed by atoms with E-state index in [0.29, 0.717) is 6.42 Å². The largest absolute Gasteiger partial charge is 0.457 e. The second kappa shape index (κ2) is 7.38. The lowest BCUT2D eigenvalue weighted by Crippen LogP contribution is -2.14. The first-order valence-corrected chi connectivity index (χ1v) is 8.88. The van der Waals surface area contributed by atoms with Crippen LogP contribution in [0.3, 0.4) is 0 Å². The molecule has 4 aromatic rings. The molecule has 0 aliphatic carbocycles. The van der Waals surface area contributed by atoms with Crippen LogP contribution in [0.25, 0.3) is 10.9 Å². The summed E-state index contributed by atoms with van der Waals surface area (Å²) in [5.41, 5.74) is 3.86. The molecule has 0 radical (unpaired) electrons. The summed E-state index contributed by atoms with van der Waals surface area (Å²) in [7, 11) is 0. The molecule has 0 unspecified atom stereocenters. The Morgan fingerprint density at radius 2 is 1.56 bits per heavy atom. The number of H-pyrrole nitrogens is 1. The summed E-state index contributed by atoms with van der Waals surface area (Å²) >= 11 is 0. The van der Waals surface area contributed by atoms with Crippen molar-refractivity contribution >= 4 is 22.5 Å². The topological polar surface area (TPSA) is 54.1 Å². The number of rotatable bonds is 5. The van der Waals surface area contributed by atoms with Gasteiger partial charge in [0.15, 0.2) is 0 Å². The second-order valence-electron chi connectivity index (χ2n) is 6.44. The zero-order chi connectivity index (χ0) is 18.6. The van der Waals surface area contributed by atoms with Gasteiger partial charge in [-0.2, -0.15) is 0 Å². The van der Waals surface area contributed by atoms with Crippen LogP contribution in [-0.4, -0.2) is 10.9 Å². The van der Waals surface area contributed by atoms with Crippen molar-refractivity contribution in [2.75, 3.05) is 5.32 Å². The molecule has 1 aromatic heterocycles. The van der Waals surface area contributed by atoms with Crippen LogP contribution in [0, 0.1) is 6.92 Å². The van der Waals surface area contributed by atoms with Gasteiger partial charge in [0.25, 0.3) is 0 Å². The minimum atomic E-state index is -0.0421. The average Bonchev–Trinajstić information content (AvgIpc) is 2.99. The Bertz CT molecular complexity index is 1070. The highest BCUT2D eigenvalue weighted by Crippen LogP contribution is 2.24. The Morgan fingerprint density at radius 1 is 0.889 bits per heavy atom. The first kappa shape index (κ1) is 16.9. The van der Waals surface area contributed by atoms with E-state index in [9.17, 15) is 4.79 Å². The van der Waals surface area contributed by atoms with Gasteiger partial charge in [-0.05, 0) is 55.0 Å². The molecule has 0 aliphatic rings. The maximum atomic E-state index is 12.5. The van der Waals surface area contributed by atoms with Gasteiger partial charge in [0.2, 0.25) is 5.91 Å². The number of carbonyl (C=O) groups is 1. The van der Waals surface area contributed by atoms with Crippen molar-refractivity contribution in [3.05, 3.63) is 90.1 Å². The van der Waals surface area contributed by atoms with E-state index in [0.717, 1.165) is 39.3 Å². The molecule has 3 aromatic carbocycles. The van der Waals surface area contributed by atoms with Crippen LogP contribution in [-0.2, 0) is 11.2 Å². The number of aryl methyl sites for hydroxylation is 1.